The number of hydrogen-bond donors (Lipinski definition) is 0. The topological polar surface area (TPSA) is 51.8 Å². The zero-order chi connectivity index (χ0) is 32.6. The molecule has 4 heteroatoms. The van der Waals surface area contributed by atoms with Crippen molar-refractivity contribution in [2.75, 3.05) is 0 Å². The van der Waals surface area contributed by atoms with Crippen molar-refractivity contribution < 1.29 is 4.42 Å². The Bertz CT molecular complexity index is 2490. The number of hydrogen-bond acceptors (Lipinski definition) is 4. The standard InChI is InChI=1S/C45H29N3O/c1-4-12-30(13-5-1)33-18-10-20-36(26-33)43-46-44(37-21-11-19-34(27-37)31-14-6-2-7-15-31)48-45(47-43)38-23-25-40-39-24-22-35(32-16-8-3-9-17-32)28-41(39)49-42(40)29-38/h1-29H. The summed E-state index contributed by atoms with van der Waals surface area (Å²) in [5, 5.41) is 2.13. The lowest BCUT2D eigenvalue weighted by molar-refractivity contribution is 0.669. The third-order valence-electron chi connectivity index (χ3n) is 8.93. The van der Waals surface area contributed by atoms with E-state index in [0.717, 1.165) is 72.0 Å². The maximum Gasteiger partial charge on any atom is 0.164 e. The van der Waals surface area contributed by atoms with Gasteiger partial charge in [0.25, 0.3) is 0 Å². The summed E-state index contributed by atoms with van der Waals surface area (Å²) in [4.78, 5) is 15.2. The molecule has 2 aromatic heterocycles. The smallest absolute Gasteiger partial charge is 0.164 e. The van der Waals surface area contributed by atoms with Crippen LogP contribution in [0.1, 0.15) is 0 Å². The van der Waals surface area contributed by atoms with Crippen molar-refractivity contribution >= 4 is 21.9 Å². The van der Waals surface area contributed by atoms with Gasteiger partial charge in [-0.2, -0.15) is 0 Å². The second-order valence-electron chi connectivity index (χ2n) is 12.1. The fraction of sp³-hybridized carbons (Fsp3) is 0. The molecule has 7 aromatic carbocycles. The summed E-state index contributed by atoms with van der Waals surface area (Å²) < 4.78 is 6.46. The lowest BCUT2D eigenvalue weighted by atomic mass is 10.0. The molecule has 0 saturated carbocycles. The molecule has 0 N–H and O–H groups in total. The molecule has 0 atom stereocenters. The van der Waals surface area contributed by atoms with E-state index in [9.17, 15) is 0 Å². The van der Waals surface area contributed by atoms with Gasteiger partial charge in [0.1, 0.15) is 11.2 Å². The summed E-state index contributed by atoms with van der Waals surface area (Å²) in [5.41, 5.74) is 11.1. The Labute approximate surface area is 284 Å². The predicted octanol–water partition coefficient (Wildman–Crippen LogP) is 11.8. The predicted molar refractivity (Wildman–Crippen MR) is 200 cm³/mol. The third kappa shape index (κ3) is 5.56. The Hall–Kier alpha value is -6.65. The molecule has 0 aliphatic heterocycles. The van der Waals surface area contributed by atoms with Crippen molar-refractivity contribution in [1.29, 1.82) is 0 Å². The molecule has 0 saturated heterocycles. The monoisotopic (exact) mass is 627 g/mol. The van der Waals surface area contributed by atoms with Gasteiger partial charge < -0.3 is 4.42 Å². The van der Waals surface area contributed by atoms with Crippen LogP contribution in [0.25, 0.3) is 89.5 Å². The Morgan fingerprint density at radius 2 is 0.592 bits per heavy atom. The van der Waals surface area contributed by atoms with Gasteiger partial charge in [-0.25, -0.2) is 15.0 Å². The molecule has 0 unspecified atom stereocenters. The van der Waals surface area contributed by atoms with Crippen LogP contribution in [-0.4, -0.2) is 15.0 Å². The molecule has 230 valence electrons. The van der Waals surface area contributed by atoms with Crippen molar-refractivity contribution in [3.05, 3.63) is 176 Å². The van der Waals surface area contributed by atoms with Gasteiger partial charge in [-0.1, -0.05) is 140 Å². The first kappa shape index (κ1) is 28.6. The van der Waals surface area contributed by atoms with E-state index < -0.39 is 0 Å². The van der Waals surface area contributed by atoms with Crippen molar-refractivity contribution in [2.45, 2.75) is 0 Å². The highest BCUT2D eigenvalue weighted by Crippen LogP contribution is 2.35. The zero-order valence-corrected chi connectivity index (χ0v) is 26.5. The SMILES string of the molecule is c1ccc(-c2cccc(-c3nc(-c4cccc(-c5ccccc5)c4)nc(-c4ccc5c(c4)oc4cc(-c6ccccc6)ccc45)n3)c2)cc1. The van der Waals surface area contributed by atoms with Crippen molar-refractivity contribution in [3.63, 3.8) is 0 Å². The minimum absolute atomic E-state index is 0.586. The molecule has 0 bridgehead atoms. The van der Waals surface area contributed by atoms with E-state index in [0.29, 0.717) is 17.5 Å². The Kier molecular flexibility index (Phi) is 7.10. The van der Waals surface area contributed by atoms with E-state index in [1.54, 1.807) is 0 Å². The first-order valence-corrected chi connectivity index (χ1v) is 16.4. The summed E-state index contributed by atoms with van der Waals surface area (Å²) in [5.74, 6) is 1.81. The maximum absolute atomic E-state index is 6.46. The fourth-order valence-electron chi connectivity index (χ4n) is 6.43. The van der Waals surface area contributed by atoms with Crippen LogP contribution in [0.4, 0.5) is 0 Å². The second-order valence-corrected chi connectivity index (χ2v) is 12.1. The molecule has 0 spiro atoms. The molecule has 4 nitrogen and oxygen atoms in total. The van der Waals surface area contributed by atoms with E-state index in [1.165, 1.54) is 0 Å². The lowest BCUT2D eigenvalue weighted by Crippen LogP contribution is -2.00. The molecule has 49 heavy (non-hydrogen) atoms. The van der Waals surface area contributed by atoms with Gasteiger partial charge in [0.05, 0.1) is 0 Å². The van der Waals surface area contributed by atoms with Crippen LogP contribution in [-0.2, 0) is 0 Å². The van der Waals surface area contributed by atoms with Crippen LogP contribution in [0.2, 0.25) is 0 Å². The minimum Gasteiger partial charge on any atom is -0.456 e. The summed E-state index contributed by atoms with van der Waals surface area (Å²) in [6.07, 6.45) is 0. The molecule has 9 rings (SSSR count). The van der Waals surface area contributed by atoms with Crippen LogP contribution in [0.3, 0.4) is 0 Å². The van der Waals surface area contributed by atoms with E-state index in [4.69, 9.17) is 19.4 Å². The molecule has 0 aliphatic carbocycles. The molecule has 9 aromatic rings. The van der Waals surface area contributed by atoms with Gasteiger partial charge in [0.15, 0.2) is 17.5 Å². The summed E-state index contributed by atoms with van der Waals surface area (Å²) >= 11 is 0. The van der Waals surface area contributed by atoms with E-state index >= 15 is 0 Å². The van der Waals surface area contributed by atoms with Crippen molar-refractivity contribution in [2.24, 2.45) is 0 Å². The zero-order valence-electron chi connectivity index (χ0n) is 26.5. The van der Waals surface area contributed by atoms with Crippen LogP contribution >= 0.6 is 0 Å². The molecule has 0 amide bonds. The average Bonchev–Trinajstić information content (AvgIpc) is 3.56. The number of aromatic nitrogens is 3. The Balaban J connectivity index is 1.18. The van der Waals surface area contributed by atoms with E-state index in [2.05, 4.69) is 152 Å². The van der Waals surface area contributed by atoms with Crippen LogP contribution < -0.4 is 0 Å². The largest absolute Gasteiger partial charge is 0.456 e. The average molecular weight is 628 g/mol. The number of benzene rings is 7. The van der Waals surface area contributed by atoms with Crippen LogP contribution in [0.15, 0.2) is 180 Å². The molecule has 0 aliphatic rings. The van der Waals surface area contributed by atoms with Crippen molar-refractivity contribution in [1.82, 2.24) is 15.0 Å². The molecule has 0 radical (unpaired) electrons. The molecular weight excluding hydrogens is 599 g/mol. The summed E-state index contributed by atoms with van der Waals surface area (Å²) in [7, 11) is 0. The summed E-state index contributed by atoms with van der Waals surface area (Å²) in [6.45, 7) is 0. The van der Waals surface area contributed by atoms with Crippen LogP contribution in [0.5, 0.6) is 0 Å². The highest BCUT2D eigenvalue weighted by atomic mass is 16.3. The fourth-order valence-corrected chi connectivity index (χ4v) is 6.43. The first-order chi connectivity index (χ1) is 24.2. The molecule has 0 fully saturated rings. The molecular formula is C45H29N3O. The Morgan fingerprint density at radius 1 is 0.265 bits per heavy atom. The number of furan rings is 1. The number of rotatable bonds is 6. The van der Waals surface area contributed by atoms with Gasteiger partial charge in [0.2, 0.25) is 0 Å². The highest BCUT2D eigenvalue weighted by molar-refractivity contribution is 6.06. The third-order valence-corrected chi connectivity index (χ3v) is 8.93. The van der Waals surface area contributed by atoms with E-state index in [1.807, 2.05) is 24.3 Å². The Morgan fingerprint density at radius 3 is 1.04 bits per heavy atom. The van der Waals surface area contributed by atoms with Crippen LogP contribution in [0, 0.1) is 0 Å². The van der Waals surface area contributed by atoms with Gasteiger partial charge in [0, 0.05) is 27.5 Å². The number of fused-ring (bicyclic) bond motifs is 3. The summed E-state index contributed by atoms with van der Waals surface area (Å²) in [6, 6.07) is 60.5. The maximum atomic E-state index is 6.46. The van der Waals surface area contributed by atoms with E-state index in [-0.39, 0.29) is 0 Å². The highest BCUT2D eigenvalue weighted by Gasteiger charge is 2.16. The normalized spacial score (nSPS) is 11.3. The molecule has 2 heterocycles. The quantitative estimate of drug-likeness (QED) is 0.184. The van der Waals surface area contributed by atoms with Gasteiger partial charge in [-0.3, -0.25) is 0 Å². The first-order valence-electron chi connectivity index (χ1n) is 16.4. The van der Waals surface area contributed by atoms with Gasteiger partial charge in [-0.05, 0) is 69.8 Å². The second kappa shape index (κ2) is 12.2. The lowest BCUT2D eigenvalue weighted by Gasteiger charge is -2.10. The minimum atomic E-state index is 0.586. The van der Waals surface area contributed by atoms with Gasteiger partial charge in [-0.15, -0.1) is 0 Å². The van der Waals surface area contributed by atoms with Crippen molar-refractivity contribution in [3.8, 4) is 67.5 Å². The number of nitrogens with zero attached hydrogens (tertiary/aromatic N) is 3. The van der Waals surface area contributed by atoms with Gasteiger partial charge >= 0.3 is 0 Å².